The molecule has 1 N–H and O–H groups in total. The van der Waals surface area contributed by atoms with Crippen molar-refractivity contribution >= 4 is 28.5 Å². The minimum atomic E-state index is -5.17. The summed E-state index contributed by atoms with van der Waals surface area (Å²) in [4.78, 5) is 53.8. The van der Waals surface area contributed by atoms with Gasteiger partial charge in [-0.05, 0) is 36.8 Å². The van der Waals surface area contributed by atoms with Crippen LogP contribution >= 0.6 is 0 Å². The number of hydrogen-bond acceptors (Lipinski definition) is 9. The first-order chi connectivity index (χ1) is 20.8. The highest BCUT2D eigenvalue weighted by molar-refractivity contribution is 5.87. The number of ether oxygens (including phenoxy) is 3. The molecule has 0 spiro atoms. The number of para-hydroxylation sites is 1. The highest BCUT2D eigenvalue weighted by Crippen LogP contribution is 2.43. The van der Waals surface area contributed by atoms with Gasteiger partial charge in [-0.1, -0.05) is 25.1 Å². The van der Waals surface area contributed by atoms with Crippen LogP contribution in [0.1, 0.15) is 35.6 Å². The van der Waals surface area contributed by atoms with Crippen LogP contribution in [0.2, 0.25) is 0 Å². The molecule has 6 rings (SSSR count). The summed E-state index contributed by atoms with van der Waals surface area (Å²) in [7, 11) is 0. The quantitative estimate of drug-likeness (QED) is 0.120. The van der Waals surface area contributed by atoms with E-state index in [1.165, 1.54) is 17.6 Å². The molecule has 2 aliphatic rings. The van der Waals surface area contributed by atoms with Crippen molar-refractivity contribution in [3.05, 3.63) is 97.3 Å². The summed E-state index contributed by atoms with van der Waals surface area (Å²) in [6, 6.07) is 12.2. The Morgan fingerprint density at radius 2 is 1.95 bits per heavy atom. The number of aliphatic carboxylic acids is 1. The molecular formula is C29H20F3N3O9. The number of fused-ring (bicyclic) bond motifs is 5. The van der Waals surface area contributed by atoms with Gasteiger partial charge in [0.2, 0.25) is 0 Å². The Balaban J connectivity index is 1.44. The lowest BCUT2D eigenvalue weighted by atomic mass is 9.85. The van der Waals surface area contributed by atoms with E-state index in [-0.39, 0.29) is 30.2 Å². The Hall–Kier alpha value is -5.31. The summed E-state index contributed by atoms with van der Waals surface area (Å²) < 4.78 is 58.2. The molecule has 2 aromatic carbocycles. The van der Waals surface area contributed by atoms with Gasteiger partial charge >= 0.3 is 24.4 Å². The minimum absolute atomic E-state index is 0.00448. The molecule has 0 bridgehead atoms. The maximum absolute atomic E-state index is 13.7. The molecule has 4 heterocycles. The lowest BCUT2D eigenvalue weighted by Crippen LogP contribution is -2.50. The molecule has 4 aromatic rings. The van der Waals surface area contributed by atoms with Crippen molar-refractivity contribution in [3.63, 3.8) is 0 Å². The van der Waals surface area contributed by atoms with Gasteiger partial charge in [0.25, 0.3) is 11.2 Å². The summed E-state index contributed by atoms with van der Waals surface area (Å²) >= 11 is 0. The number of pyridine rings is 2. The van der Waals surface area contributed by atoms with Crippen LogP contribution in [0.15, 0.2) is 59.4 Å². The lowest BCUT2D eigenvalue weighted by molar-refractivity contribution is -0.388. The average Bonchev–Trinajstić information content (AvgIpc) is 3.34. The summed E-state index contributed by atoms with van der Waals surface area (Å²) in [5.74, 6) is -3.61. The van der Waals surface area contributed by atoms with Crippen LogP contribution in [0.25, 0.3) is 22.3 Å². The van der Waals surface area contributed by atoms with Gasteiger partial charge in [0.1, 0.15) is 17.9 Å². The smallest absolute Gasteiger partial charge is 0.423 e. The fourth-order valence-electron chi connectivity index (χ4n) is 5.51. The summed E-state index contributed by atoms with van der Waals surface area (Å²) in [6.07, 6.45) is -7.83. The molecule has 2 aliphatic heterocycles. The third-order valence-electron chi connectivity index (χ3n) is 7.61. The zero-order valence-electron chi connectivity index (χ0n) is 22.6. The number of carbonyl (C=O) groups is 2. The number of hydrogen-bond donors (Lipinski definition) is 1. The number of carboxylic acids is 1. The van der Waals surface area contributed by atoms with Crippen LogP contribution in [-0.2, 0) is 44.0 Å². The summed E-state index contributed by atoms with van der Waals surface area (Å²) in [6.45, 7) is 1.22. The number of aromatic nitrogens is 2. The fourth-order valence-corrected chi connectivity index (χ4v) is 5.51. The van der Waals surface area contributed by atoms with E-state index in [0.717, 1.165) is 17.0 Å². The number of esters is 1. The molecule has 2 aromatic heterocycles. The van der Waals surface area contributed by atoms with E-state index in [9.17, 15) is 42.8 Å². The van der Waals surface area contributed by atoms with Crippen molar-refractivity contribution < 1.29 is 47.0 Å². The topological polar surface area (TPSA) is 160 Å². The fraction of sp³-hybridized carbons (Fsp3) is 0.241. The SMILES string of the molecule is CCC1(OC(Oc2ccc([N+](=O)[O-])c(C(F)(F)F)c2)C(=O)O)C(=O)OCc2c1cc1n(c2=O)Cc2cc3ccccc3nc2-1. The van der Waals surface area contributed by atoms with Gasteiger partial charge < -0.3 is 23.9 Å². The molecule has 0 amide bonds. The van der Waals surface area contributed by atoms with Crippen molar-refractivity contribution in [2.45, 2.75) is 44.6 Å². The van der Waals surface area contributed by atoms with Gasteiger partial charge in [-0.15, -0.1) is 0 Å². The Bertz CT molecular complexity index is 1960. The van der Waals surface area contributed by atoms with E-state index in [1.807, 2.05) is 18.2 Å². The van der Waals surface area contributed by atoms with Crippen LogP contribution < -0.4 is 10.3 Å². The minimum Gasteiger partial charge on any atom is -0.477 e. The van der Waals surface area contributed by atoms with Crippen LogP contribution in [-0.4, -0.2) is 37.8 Å². The van der Waals surface area contributed by atoms with E-state index < -0.39 is 64.1 Å². The number of cyclic esters (lactones) is 1. The number of carbonyl (C=O) groups excluding carboxylic acids is 1. The Morgan fingerprint density at radius 1 is 1.20 bits per heavy atom. The first-order valence-electron chi connectivity index (χ1n) is 13.1. The average molecular weight is 611 g/mol. The van der Waals surface area contributed by atoms with E-state index in [4.69, 9.17) is 19.2 Å². The van der Waals surface area contributed by atoms with E-state index in [0.29, 0.717) is 23.0 Å². The second-order valence-corrected chi connectivity index (χ2v) is 10.1. The molecule has 12 nitrogen and oxygen atoms in total. The molecular weight excluding hydrogens is 591 g/mol. The molecule has 0 saturated heterocycles. The molecule has 0 radical (unpaired) electrons. The standard InChI is InChI=1S/C29H20F3N3O9/c1-2-28(44-26(25(37)38)43-16-7-8-21(35(40)41)19(10-16)29(30,31)32)18-11-22-23-15(9-14-5-3-4-6-20(14)33-23)12-34(22)24(36)17(18)13-42-27(28)39/h3-11,26H,2,12-13H2,1H3,(H,37,38). The number of alkyl halides is 3. The first-order valence-corrected chi connectivity index (χ1v) is 13.1. The molecule has 44 heavy (non-hydrogen) atoms. The monoisotopic (exact) mass is 611 g/mol. The van der Waals surface area contributed by atoms with Gasteiger partial charge in [0, 0.05) is 22.6 Å². The maximum atomic E-state index is 13.7. The Kier molecular flexibility index (Phi) is 6.64. The number of nitro benzene ring substituents is 1. The zero-order valence-corrected chi connectivity index (χ0v) is 22.6. The molecule has 2 unspecified atom stereocenters. The predicted octanol–water partition coefficient (Wildman–Crippen LogP) is 4.52. The molecule has 226 valence electrons. The van der Waals surface area contributed by atoms with Crippen molar-refractivity contribution in [2.24, 2.45) is 0 Å². The second kappa shape index (κ2) is 10.2. The third kappa shape index (κ3) is 4.52. The second-order valence-electron chi connectivity index (χ2n) is 10.1. The number of carboxylic acid groups (broad SMARTS) is 1. The molecule has 15 heteroatoms. The van der Waals surface area contributed by atoms with Crippen molar-refractivity contribution in [3.8, 4) is 17.1 Å². The van der Waals surface area contributed by atoms with Crippen LogP contribution in [0.3, 0.4) is 0 Å². The normalized spacial score (nSPS) is 17.8. The van der Waals surface area contributed by atoms with Gasteiger partial charge in [-0.25, -0.2) is 14.6 Å². The van der Waals surface area contributed by atoms with Crippen molar-refractivity contribution in [1.29, 1.82) is 0 Å². The molecule has 0 fully saturated rings. The Labute approximate surface area is 244 Å². The van der Waals surface area contributed by atoms with Crippen LogP contribution in [0.4, 0.5) is 18.9 Å². The predicted molar refractivity (Wildman–Crippen MR) is 144 cm³/mol. The third-order valence-corrected chi connectivity index (χ3v) is 7.61. The lowest BCUT2D eigenvalue weighted by Gasteiger charge is -2.37. The highest BCUT2D eigenvalue weighted by Gasteiger charge is 2.51. The number of halogens is 3. The summed E-state index contributed by atoms with van der Waals surface area (Å²) in [5, 5.41) is 21.9. The van der Waals surface area contributed by atoms with E-state index >= 15 is 0 Å². The van der Waals surface area contributed by atoms with Crippen LogP contribution in [0.5, 0.6) is 5.75 Å². The number of benzene rings is 2. The number of nitrogens with zero attached hydrogens (tertiary/aromatic N) is 3. The molecule has 0 saturated carbocycles. The van der Waals surface area contributed by atoms with Gasteiger partial charge in [0.05, 0.1) is 33.9 Å². The maximum Gasteiger partial charge on any atom is 0.423 e. The van der Waals surface area contributed by atoms with Gasteiger partial charge in [-0.3, -0.25) is 14.9 Å². The number of nitro groups is 1. The van der Waals surface area contributed by atoms with Crippen molar-refractivity contribution in [1.82, 2.24) is 9.55 Å². The highest BCUT2D eigenvalue weighted by atomic mass is 19.4. The van der Waals surface area contributed by atoms with Gasteiger partial charge in [-0.2, -0.15) is 13.2 Å². The first kappa shape index (κ1) is 28.8. The zero-order chi connectivity index (χ0) is 31.6. The van der Waals surface area contributed by atoms with Gasteiger partial charge in [0.15, 0.2) is 5.60 Å². The van der Waals surface area contributed by atoms with Crippen LogP contribution in [0, 0.1) is 10.1 Å². The number of rotatable bonds is 7. The largest absolute Gasteiger partial charge is 0.477 e. The van der Waals surface area contributed by atoms with Crippen molar-refractivity contribution in [2.75, 3.05) is 0 Å². The Morgan fingerprint density at radius 3 is 2.64 bits per heavy atom. The van der Waals surface area contributed by atoms with E-state index in [1.54, 1.807) is 12.1 Å². The molecule has 2 atom stereocenters. The summed E-state index contributed by atoms with van der Waals surface area (Å²) in [5.41, 5.74) is -3.46. The van der Waals surface area contributed by atoms with E-state index in [2.05, 4.69) is 0 Å². The molecule has 0 aliphatic carbocycles.